The Kier molecular flexibility index (Phi) is 7.39. The molecule has 0 saturated heterocycles. The highest BCUT2D eigenvalue weighted by Gasteiger charge is 2.39. The quantitative estimate of drug-likeness (QED) is 0.176. The van der Waals surface area contributed by atoms with E-state index < -0.39 is 0 Å². The van der Waals surface area contributed by atoms with Crippen LogP contribution in [0.15, 0.2) is 152 Å². The van der Waals surface area contributed by atoms with E-state index in [-0.39, 0.29) is 16.2 Å². The summed E-state index contributed by atoms with van der Waals surface area (Å²) in [6.45, 7) is 14.5. The molecule has 9 rings (SSSR count). The van der Waals surface area contributed by atoms with Crippen molar-refractivity contribution in [3.63, 3.8) is 0 Å². The Labute approximate surface area is 309 Å². The van der Waals surface area contributed by atoms with Gasteiger partial charge in [-0.05, 0) is 109 Å². The molecular weight excluding hydrogens is 627 g/mol. The lowest BCUT2D eigenvalue weighted by Gasteiger charge is -2.42. The molecule has 0 saturated carbocycles. The van der Waals surface area contributed by atoms with Gasteiger partial charge in [-0.3, -0.25) is 0 Å². The van der Waals surface area contributed by atoms with Crippen LogP contribution in [0.3, 0.4) is 0 Å². The van der Waals surface area contributed by atoms with E-state index in [1.807, 2.05) is 0 Å². The van der Waals surface area contributed by atoms with E-state index in [0.29, 0.717) is 0 Å². The first kappa shape index (κ1) is 32.5. The summed E-state index contributed by atoms with van der Waals surface area (Å²) in [6.07, 6.45) is 2.39. The molecule has 0 unspecified atom stereocenters. The van der Waals surface area contributed by atoms with Crippen molar-refractivity contribution >= 4 is 27.8 Å². The second-order valence-electron chi connectivity index (χ2n) is 16.9. The minimum atomic E-state index is -0.136. The summed E-state index contributed by atoms with van der Waals surface area (Å²) in [5, 5.41) is 2.47. The van der Waals surface area contributed by atoms with Crippen LogP contribution in [0.25, 0.3) is 44.2 Å². The summed E-state index contributed by atoms with van der Waals surface area (Å²) >= 11 is 0. The number of fused-ring (bicyclic) bond motifs is 5. The summed E-state index contributed by atoms with van der Waals surface area (Å²) in [7, 11) is 0. The number of anilines is 3. The van der Waals surface area contributed by atoms with Gasteiger partial charge >= 0.3 is 0 Å². The van der Waals surface area contributed by atoms with E-state index >= 15 is 0 Å². The van der Waals surface area contributed by atoms with Crippen LogP contribution in [-0.4, -0.2) is 0 Å². The van der Waals surface area contributed by atoms with Crippen molar-refractivity contribution in [2.75, 3.05) is 4.90 Å². The molecule has 7 aromatic rings. The Morgan fingerprint density at radius 2 is 1.04 bits per heavy atom. The average molecular weight is 674 g/mol. The summed E-state index contributed by atoms with van der Waals surface area (Å²) < 4.78 is 0. The van der Waals surface area contributed by atoms with Gasteiger partial charge in [-0.25, -0.2) is 0 Å². The third-order valence-electron chi connectivity index (χ3n) is 12.3. The molecule has 0 bridgehead atoms. The average Bonchev–Trinajstić information content (AvgIpc) is 3.39. The molecule has 1 heteroatoms. The van der Waals surface area contributed by atoms with E-state index in [9.17, 15) is 0 Å². The van der Waals surface area contributed by atoms with Gasteiger partial charge < -0.3 is 4.90 Å². The monoisotopic (exact) mass is 673 g/mol. The highest BCUT2D eigenvalue weighted by atomic mass is 15.1. The van der Waals surface area contributed by atoms with Crippen LogP contribution in [0.2, 0.25) is 0 Å². The molecule has 0 aromatic heterocycles. The molecule has 0 atom stereocenters. The fourth-order valence-corrected chi connectivity index (χ4v) is 9.15. The first-order chi connectivity index (χ1) is 25.0. The maximum Gasteiger partial charge on any atom is 0.0543 e. The Balaban J connectivity index is 1.35. The summed E-state index contributed by atoms with van der Waals surface area (Å²) in [5.74, 6) is 0. The van der Waals surface area contributed by atoms with Crippen molar-refractivity contribution in [3.8, 4) is 33.4 Å². The lowest BCUT2D eigenvalue weighted by molar-refractivity contribution is 0.332. The molecule has 1 nitrogen and oxygen atoms in total. The fourth-order valence-electron chi connectivity index (χ4n) is 9.15. The standard InChI is InChI=1S/C51H47N/c1-49(2)29-30-50(3,4)46-31-37(25-28-44(46)49)41-32-42-40-20-12-13-21-43(40)51(5,6)45(42)33-48(41)52(47-22-14-18-36-17-10-11-19-39(36)47)38-26-23-35(24-27-38)34-15-8-7-9-16-34/h7-28,31-33H,29-30H2,1-6H3. The Bertz CT molecular complexity index is 2470. The number of nitrogens with zero attached hydrogens (tertiary/aromatic N) is 1. The van der Waals surface area contributed by atoms with Crippen LogP contribution >= 0.6 is 0 Å². The van der Waals surface area contributed by atoms with Crippen molar-refractivity contribution in [1.29, 1.82) is 0 Å². The minimum absolute atomic E-state index is 0.106. The molecule has 2 aliphatic carbocycles. The van der Waals surface area contributed by atoms with Crippen LogP contribution in [0.5, 0.6) is 0 Å². The van der Waals surface area contributed by atoms with Gasteiger partial charge in [0.15, 0.2) is 0 Å². The van der Waals surface area contributed by atoms with Crippen LogP contribution in [-0.2, 0) is 16.2 Å². The van der Waals surface area contributed by atoms with Crippen LogP contribution in [0, 0.1) is 0 Å². The van der Waals surface area contributed by atoms with E-state index in [1.54, 1.807) is 0 Å². The second kappa shape index (κ2) is 11.8. The molecule has 52 heavy (non-hydrogen) atoms. The normalized spacial score (nSPS) is 16.2. The van der Waals surface area contributed by atoms with Gasteiger partial charge in [-0.1, -0.05) is 163 Å². The third kappa shape index (κ3) is 5.13. The highest BCUT2D eigenvalue weighted by molar-refractivity contribution is 6.02. The first-order valence-electron chi connectivity index (χ1n) is 18.9. The lowest BCUT2D eigenvalue weighted by atomic mass is 9.63. The van der Waals surface area contributed by atoms with Crippen molar-refractivity contribution in [3.05, 3.63) is 174 Å². The molecular formula is C51H47N. The Hall–Kier alpha value is -5.40. The van der Waals surface area contributed by atoms with Crippen LogP contribution in [0.4, 0.5) is 17.1 Å². The molecule has 0 N–H and O–H groups in total. The molecule has 0 amide bonds. The van der Waals surface area contributed by atoms with Crippen molar-refractivity contribution in [2.24, 2.45) is 0 Å². The maximum atomic E-state index is 2.53. The lowest BCUT2D eigenvalue weighted by Crippen LogP contribution is -2.33. The number of benzene rings is 7. The Morgan fingerprint density at radius 3 is 1.83 bits per heavy atom. The maximum absolute atomic E-state index is 2.53. The predicted octanol–water partition coefficient (Wildman–Crippen LogP) is 14.3. The van der Waals surface area contributed by atoms with Gasteiger partial charge in [-0.2, -0.15) is 0 Å². The SMILES string of the molecule is CC1(C)CCC(C)(C)c2cc(-c3cc4c(cc3N(c3ccc(-c5ccccc5)cc3)c3cccc5ccccc35)C(C)(C)c3ccccc3-4)ccc21. The van der Waals surface area contributed by atoms with Crippen LogP contribution < -0.4 is 4.90 Å². The van der Waals surface area contributed by atoms with Crippen LogP contribution in [0.1, 0.15) is 76.6 Å². The second-order valence-corrected chi connectivity index (χ2v) is 16.9. The van der Waals surface area contributed by atoms with Gasteiger partial charge in [0, 0.05) is 22.1 Å². The molecule has 0 fully saturated rings. The zero-order valence-electron chi connectivity index (χ0n) is 31.3. The fraction of sp³-hybridized carbons (Fsp3) is 0.216. The predicted molar refractivity (Wildman–Crippen MR) is 222 cm³/mol. The van der Waals surface area contributed by atoms with E-state index in [4.69, 9.17) is 0 Å². The van der Waals surface area contributed by atoms with Gasteiger partial charge in [0.25, 0.3) is 0 Å². The minimum Gasteiger partial charge on any atom is -0.309 e. The van der Waals surface area contributed by atoms with Gasteiger partial charge in [0.2, 0.25) is 0 Å². The first-order valence-corrected chi connectivity index (χ1v) is 18.9. The van der Waals surface area contributed by atoms with Gasteiger partial charge in [0.1, 0.15) is 0 Å². The Morgan fingerprint density at radius 1 is 0.404 bits per heavy atom. The van der Waals surface area contributed by atoms with Crippen molar-refractivity contribution < 1.29 is 0 Å². The summed E-state index contributed by atoms with van der Waals surface area (Å²) in [6, 6.07) is 56.8. The molecule has 7 aromatic carbocycles. The topological polar surface area (TPSA) is 3.24 Å². The zero-order chi connectivity index (χ0) is 35.8. The van der Waals surface area contributed by atoms with E-state index in [1.165, 1.54) is 90.6 Å². The third-order valence-corrected chi connectivity index (χ3v) is 12.3. The zero-order valence-corrected chi connectivity index (χ0v) is 31.3. The van der Waals surface area contributed by atoms with E-state index in [2.05, 4.69) is 198 Å². The molecule has 0 heterocycles. The van der Waals surface area contributed by atoms with Gasteiger partial charge in [-0.15, -0.1) is 0 Å². The molecule has 2 aliphatic rings. The molecule has 0 radical (unpaired) electrons. The van der Waals surface area contributed by atoms with Crippen molar-refractivity contribution in [2.45, 2.75) is 70.6 Å². The number of hydrogen-bond donors (Lipinski definition) is 0. The smallest absolute Gasteiger partial charge is 0.0543 e. The summed E-state index contributed by atoms with van der Waals surface area (Å²) in [5.41, 5.74) is 17.1. The molecule has 0 aliphatic heterocycles. The van der Waals surface area contributed by atoms with Crippen molar-refractivity contribution in [1.82, 2.24) is 0 Å². The van der Waals surface area contributed by atoms with E-state index in [0.717, 1.165) is 5.69 Å². The summed E-state index contributed by atoms with van der Waals surface area (Å²) in [4.78, 5) is 2.53. The van der Waals surface area contributed by atoms with Gasteiger partial charge in [0.05, 0.1) is 11.4 Å². The number of hydrogen-bond acceptors (Lipinski definition) is 1. The molecule has 256 valence electrons. The molecule has 0 spiro atoms. The highest BCUT2D eigenvalue weighted by Crippen LogP contribution is 2.55. The number of rotatable bonds is 5. The largest absolute Gasteiger partial charge is 0.309 e.